The van der Waals surface area contributed by atoms with Gasteiger partial charge in [-0.25, -0.2) is 0 Å². The Labute approximate surface area is 128 Å². The molecule has 22 heavy (non-hydrogen) atoms. The highest BCUT2D eigenvalue weighted by molar-refractivity contribution is 5.66. The van der Waals surface area contributed by atoms with Crippen LogP contribution in [0.1, 0.15) is 13.8 Å². The molecular weight excluding hydrogens is 300 g/mol. The first kappa shape index (κ1) is 18.8. The molecule has 1 heterocycles. The molecule has 0 N–H and O–H groups in total. The quantitative estimate of drug-likeness (QED) is 0.591. The largest absolute Gasteiger partial charge is 0.463 e. The van der Waals surface area contributed by atoms with E-state index in [2.05, 4.69) is 0 Å². The Morgan fingerprint density at radius 1 is 0.955 bits per heavy atom. The zero-order valence-corrected chi connectivity index (χ0v) is 13.3. The summed E-state index contributed by atoms with van der Waals surface area (Å²) in [5.74, 6) is -1.03. The van der Waals surface area contributed by atoms with Crippen molar-refractivity contribution in [3.05, 3.63) is 0 Å². The Bertz CT molecular complexity index is 373. The Kier molecular flexibility index (Phi) is 7.69. The van der Waals surface area contributed by atoms with Crippen LogP contribution in [-0.4, -0.2) is 71.0 Å². The first-order valence-corrected chi connectivity index (χ1v) is 6.62. The SMILES string of the molecule is COC1O[C@@H](OC(C)=O)[C@H]([C@@H](COC(C)=O)OC)O[C@@H]1OC. The fraction of sp³-hybridized carbons (Fsp3) is 0.846. The van der Waals surface area contributed by atoms with Gasteiger partial charge in [0.05, 0.1) is 0 Å². The third-order valence-electron chi connectivity index (χ3n) is 2.92. The number of ether oxygens (including phenoxy) is 7. The molecule has 9 heteroatoms. The van der Waals surface area contributed by atoms with Crippen LogP contribution in [0.15, 0.2) is 0 Å². The van der Waals surface area contributed by atoms with Crippen LogP contribution in [0.25, 0.3) is 0 Å². The van der Waals surface area contributed by atoms with Crippen LogP contribution >= 0.6 is 0 Å². The fourth-order valence-electron chi connectivity index (χ4n) is 1.91. The molecule has 1 aliphatic rings. The third-order valence-corrected chi connectivity index (χ3v) is 2.92. The molecule has 5 atom stereocenters. The molecule has 0 radical (unpaired) electrons. The van der Waals surface area contributed by atoms with E-state index in [1.807, 2.05) is 0 Å². The van der Waals surface area contributed by atoms with Crippen LogP contribution in [0.4, 0.5) is 0 Å². The first-order valence-electron chi connectivity index (χ1n) is 6.62. The lowest BCUT2D eigenvalue weighted by atomic mass is 10.2. The van der Waals surface area contributed by atoms with Crippen molar-refractivity contribution >= 4 is 11.9 Å². The van der Waals surface area contributed by atoms with Crippen molar-refractivity contribution in [2.45, 2.75) is 44.9 Å². The van der Waals surface area contributed by atoms with Crippen molar-refractivity contribution in [2.75, 3.05) is 27.9 Å². The minimum absolute atomic E-state index is 0.0916. The average molecular weight is 322 g/mol. The van der Waals surface area contributed by atoms with Crippen molar-refractivity contribution in [3.8, 4) is 0 Å². The molecule has 0 saturated carbocycles. The van der Waals surface area contributed by atoms with Crippen LogP contribution in [0.3, 0.4) is 0 Å². The van der Waals surface area contributed by atoms with Gasteiger partial charge in [-0.2, -0.15) is 0 Å². The summed E-state index contributed by atoms with van der Waals surface area (Å²) in [4.78, 5) is 22.2. The van der Waals surface area contributed by atoms with E-state index in [0.29, 0.717) is 0 Å². The summed E-state index contributed by atoms with van der Waals surface area (Å²) in [6.07, 6.45) is -4.39. The number of carbonyl (C=O) groups is 2. The van der Waals surface area contributed by atoms with E-state index < -0.39 is 43.0 Å². The van der Waals surface area contributed by atoms with Crippen molar-refractivity contribution in [1.29, 1.82) is 0 Å². The number of esters is 2. The van der Waals surface area contributed by atoms with Gasteiger partial charge < -0.3 is 33.2 Å². The molecule has 1 fully saturated rings. The maximum absolute atomic E-state index is 11.2. The molecule has 0 spiro atoms. The minimum Gasteiger partial charge on any atom is -0.463 e. The van der Waals surface area contributed by atoms with Gasteiger partial charge in [0, 0.05) is 35.2 Å². The fourth-order valence-corrected chi connectivity index (χ4v) is 1.91. The van der Waals surface area contributed by atoms with Crippen LogP contribution in [-0.2, 0) is 42.7 Å². The topological polar surface area (TPSA) is 98.8 Å². The van der Waals surface area contributed by atoms with Crippen LogP contribution in [0.2, 0.25) is 0 Å². The van der Waals surface area contributed by atoms with Gasteiger partial charge in [-0.15, -0.1) is 0 Å². The minimum atomic E-state index is -1.09. The van der Waals surface area contributed by atoms with Gasteiger partial charge in [-0.3, -0.25) is 9.59 Å². The zero-order chi connectivity index (χ0) is 16.7. The van der Waals surface area contributed by atoms with E-state index in [1.54, 1.807) is 0 Å². The van der Waals surface area contributed by atoms with E-state index in [-0.39, 0.29) is 6.61 Å². The van der Waals surface area contributed by atoms with Crippen molar-refractivity contribution in [3.63, 3.8) is 0 Å². The summed E-state index contributed by atoms with van der Waals surface area (Å²) >= 11 is 0. The molecule has 128 valence electrons. The second kappa shape index (κ2) is 9.01. The predicted molar refractivity (Wildman–Crippen MR) is 70.5 cm³/mol. The maximum Gasteiger partial charge on any atom is 0.305 e. The summed E-state index contributed by atoms with van der Waals surface area (Å²) in [7, 11) is 4.22. The molecule has 0 aliphatic carbocycles. The van der Waals surface area contributed by atoms with Gasteiger partial charge in [0.25, 0.3) is 0 Å². The summed E-state index contributed by atoms with van der Waals surface area (Å²) in [5, 5.41) is 0. The van der Waals surface area contributed by atoms with Gasteiger partial charge in [-0.05, 0) is 0 Å². The molecule has 1 aliphatic heterocycles. The Morgan fingerprint density at radius 3 is 2.00 bits per heavy atom. The van der Waals surface area contributed by atoms with Gasteiger partial charge in [-0.1, -0.05) is 0 Å². The maximum atomic E-state index is 11.2. The smallest absolute Gasteiger partial charge is 0.305 e. The third kappa shape index (κ3) is 5.18. The van der Waals surface area contributed by atoms with Gasteiger partial charge in [0.1, 0.15) is 12.7 Å². The van der Waals surface area contributed by atoms with E-state index in [9.17, 15) is 9.59 Å². The number of hydrogen-bond donors (Lipinski definition) is 0. The molecule has 1 saturated heterocycles. The monoisotopic (exact) mass is 322 g/mol. The normalized spacial score (nSPS) is 29.7. The van der Waals surface area contributed by atoms with Crippen LogP contribution in [0, 0.1) is 0 Å². The van der Waals surface area contributed by atoms with Crippen LogP contribution < -0.4 is 0 Å². The Balaban J connectivity index is 2.87. The molecular formula is C13H22O9. The van der Waals surface area contributed by atoms with Crippen LogP contribution in [0.5, 0.6) is 0 Å². The molecule has 9 nitrogen and oxygen atoms in total. The summed E-state index contributed by atoms with van der Waals surface area (Å²) in [6.45, 7) is 2.41. The second-order valence-corrected chi connectivity index (χ2v) is 4.50. The number of carbonyl (C=O) groups excluding carboxylic acids is 2. The van der Waals surface area contributed by atoms with Crippen molar-refractivity contribution in [2.24, 2.45) is 0 Å². The molecule has 0 aromatic carbocycles. The van der Waals surface area contributed by atoms with Gasteiger partial charge in [0.2, 0.25) is 18.9 Å². The standard InChI is InChI=1S/C13H22O9/c1-7(14)19-6-9(16-3)10-11(20-8(2)15)22-13(18-5)12(17-4)21-10/h9-13H,6H2,1-5H3/t9-,10+,11-,12+,13?/m1/s1. The highest BCUT2D eigenvalue weighted by Gasteiger charge is 2.45. The Morgan fingerprint density at radius 2 is 1.55 bits per heavy atom. The van der Waals surface area contributed by atoms with E-state index >= 15 is 0 Å². The zero-order valence-electron chi connectivity index (χ0n) is 13.3. The summed E-state index contributed by atoms with van der Waals surface area (Å²) in [6, 6.07) is 0. The van der Waals surface area contributed by atoms with Gasteiger partial charge in [0.15, 0.2) is 6.10 Å². The molecule has 1 rings (SSSR count). The predicted octanol–water partition coefficient (Wildman–Crippen LogP) is -0.186. The first-order chi connectivity index (χ1) is 10.4. The summed E-state index contributed by atoms with van der Waals surface area (Å²) < 4.78 is 36.6. The molecule has 0 aromatic rings. The van der Waals surface area contributed by atoms with Gasteiger partial charge >= 0.3 is 11.9 Å². The average Bonchev–Trinajstić information content (AvgIpc) is 2.47. The highest BCUT2D eigenvalue weighted by atomic mass is 16.8. The molecule has 1 unspecified atom stereocenters. The second-order valence-electron chi connectivity index (χ2n) is 4.50. The van der Waals surface area contributed by atoms with E-state index in [0.717, 1.165) is 0 Å². The number of rotatable bonds is 7. The van der Waals surface area contributed by atoms with Crippen molar-refractivity contribution in [1.82, 2.24) is 0 Å². The number of hydrogen-bond acceptors (Lipinski definition) is 9. The lowest BCUT2D eigenvalue weighted by Gasteiger charge is -2.41. The molecule has 0 bridgehead atoms. The summed E-state index contributed by atoms with van der Waals surface area (Å²) in [5.41, 5.74) is 0. The van der Waals surface area contributed by atoms with E-state index in [4.69, 9.17) is 33.2 Å². The Hall–Kier alpha value is -1.26. The molecule has 0 amide bonds. The lowest BCUT2D eigenvalue weighted by molar-refractivity contribution is -0.396. The highest BCUT2D eigenvalue weighted by Crippen LogP contribution is 2.26. The lowest BCUT2D eigenvalue weighted by Crippen LogP contribution is -2.57. The van der Waals surface area contributed by atoms with E-state index in [1.165, 1.54) is 35.2 Å². The molecule has 0 aromatic heterocycles. The van der Waals surface area contributed by atoms with Crippen molar-refractivity contribution < 1.29 is 42.7 Å². The number of methoxy groups -OCH3 is 3.